The van der Waals surface area contributed by atoms with Crippen molar-refractivity contribution in [2.45, 2.75) is 6.18 Å². The van der Waals surface area contributed by atoms with Gasteiger partial charge in [-0.3, -0.25) is 4.79 Å². The molecule has 0 aromatic heterocycles. The number of carbonyl (C=O) groups is 1. The molecule has 1 saturated heterocycles. The van der Waals surface area contributed by atoms with Crippen LogP contribution in [0.3, 0.4) is 0 Å². The summed E-state index contributed by atoms with van der Waals surface area (Å²) in [7, 11) is 0. The van der Waals surface area contributed by atoms with Gasteiger partial charge in [-0.15, -0.1) is 0 Å². The van der Waals surface area contributed by atoms with E-state index in [2.05, 4.69) is 10.3 Å². The normalized spacial score (nSPS) is 17.8. The minimum absolute atomic E-state index is 0.0514. The molecule has 1 fully saturated rings. The molecule has 0 bridgehead atoms. The first-order valence-corrected chi connectivity index (χ1v) is 8.71. The Morgan fingerprint density at radius 2 is 1.77 bits per heavy atom. The molecule has 1 heterocycles. The Labute approximate surface area is 160 Å². The maximum atomic E-state index is 12.8. The highest BCUT2D eigenvalue weighted by Gasteiger charge is 2.31. The fraction of sp³-hybridized carbons (Fsp3) is 0.0588. The van der Waals surface area contributed by atoms with Gasteiger partial charge in [0.15, 0.2) is 5.17 Å². The molecule has 2 aromatic carbocycles. The Bertz CT molecular complexity index is 925. The number of amidine groups is 1. The average molecular weight is 417 g/mol. The van der Waals surface area contributed by atoms with Gasteiger partial charge in [0.05, 0.1) is 21.2 Å². The maximum Gasteiger partial charge on any atom is 0.416 e. The van der Waals surface area contributed by atoms with Crippen molar-refractivity contribution >= 4 is 57.8 Å². The number of benzene rings is 2. The van der Waals surface area contributed by atoms with Gasteiger partial charge in [-0.25, -0.2) is 4.99 Å². The molecule has 26 heavy (non-hydrogen) atoms. The van der Waals surface area contributed by atoms with Gasteiger partial charge < -0.3 is 5.32 Å². The van der Waals surface area contributed by atoms with Crippen molar-refractivity contribution in [1.82, 2.24) is 5.32 Å². The SMILES string of the molecule is O=C1NC(=Nc2cc(C(F)(F)F)ccc2Cl)S/C1=C\c1ccc(Cl)cc1. The van der Waals surface area contributed by atoms with Crippen LogP contribution in [0.1, 0.15) is 11.1 Å². The van der Waals surface area contributed by atoms with Crippen LogP contribution in [0, 0.1) is 0 Å². The van der Waals surface area contributed by atoms with Crippen molar-refractivity contribution in [2.24, 2.45) is 4.99 Å². The van der Waals surface area contributed by atoms with Crippen LogP contribution in [0.15, 0.2) is 52.4 Å². The number of carbonyl (C=O) groups excluding carboxylic acids is 1. The molecule has 0 aliphatic carbocycles. The number of nitrogens with zero attached hydrogens (tertiary/aromatic N) is 1. The molecule has 0 atom stereocenters. The molecule has 9 heteroatoms. The summed E-state index contributed by atoms with van der Waals surface area (Å²) in [6, 6.07) is 9.67. The zero-order valence-electron chi connectivity index (χ0n) is 12.8. The van der Waals surface area contributed by atoms with Crippen molar-refractivity contribution in [3.05, 3.63) is 68.5 Å². The van der Waals surface area contributed by atoms with Crippen LogP contribution in [0.4, 0.5) is 18.9 Å². The van der Waals surface area contributed by atoms with E-state index in [0.29, 0.717) is 9.93 Å². The van der Waals surface area contributed by atoms with Crippen molar-refractivity contribution in [3.8, 4) is 0 Å². The highest BCUT2D eigenvalue weighted by atomic mass is 35.5. The van der Waals surface area contributed by atoms with Gasteiger partial charge in [-0.05, 0) is 53.7 Å². The van der Waals surface area contributed by atoms with E-state index in [1.165, 1.54) is 0 Å². The Kier molecular flexibility index (Phi) is 5.32. The lowest BCUT2D eigenvalue weighted by Gasteiger charge is -2.08. The number of alkyl halides is 3. The molecule has 0 unspecified atom stereocenters. The predicted molar refractivity (Wildman–Crippen MR) is 98.7 cm³/mol. The highest BCUT2D eigenvalue weighted by molar-refractivity contribution is 8.18. The number of thioether (sulfide) groups is 1. The summed E-state index contributed by atoms with van der Waals surface area (Å²) < 4.78 is 38.5. The summed E-state index contributed by atoms with van der Waals surface area (Å²) in [5.41, 5.74) is -0.185. The topological polar surface area (TPSA) is 41.5 Å². The van der Waals surface area contributed by atoms with Gasteiger partial charge in [0.2, 0.25) is 0 Å². The molecule has 3 nitrogen and oxygen atoms in total. The second-order valence-electron chi connectivity index (χ2n) is 5.20. The van der Waals surface area contributed by atoms with Crippen molar-refractivity contribution in [1.29, 1.82) is 0 Å². The lowest BCUT2D eigenvalue weighted by Crippen LogP contribution is -2.19. The van der Waals surface area contributed by atoms with Gasteiger partial charge in [0.1, 0.15) is 0 Å². The number of hydrogen-bond donors (Lipinski definition) is 1. The summed E-state index contributed by atoms with van der Waals surface area (Å²) in [4.78, 5) is 16.4. The van der Waals surface area contributed by atoms with E-state index >= 15 is 0 Å². The van der Waals surface area contributed by atoms with E-state index in [-0.39, 0.29) is 15.9 Å². The van der Waals surface area contributed by atoms with E-state index in [1.54, 1.807) is 30.3 Å². The number of nitrogens with one attached hydrogen (secondary N) is 1. The predicted octanol–water partition coefficient (Wildman–Crippen LogP) is 5.90. The minimum Gasteiger partial charge on any atom is -0.300 e. The van der Waals surface area contributed by atoms with Gasteiger partial charge >= 0.3 is 6.18 Å². The largest absolute Gasteiger partial charge is 0.416 e. The second kappa shape index (κ2) is 7.34. The molecule has 1 aliphatic rings. The monoisotopic (exact) mass is 416 g/mol. The summed E-state index contributed by atoms with van der Waals surface area (Å²) in [5.74, 6) is -0.396. The Morgan fingerprint density at radius 1 is 1.08 bits per heavy atom. The fourth-order valence-corrected chi connectivity index (χ4v) is 3.20. The highest BCUT2D eigenvalue weighted by Crippen LogP contribution is 2.36. The van der Waals surface area contributed by atoms with Crippen molar-refractivity contribution in [2.75, 3.05) is 0 Å². The van der Waals surface area contributed by atoms with E-state index < -0.39 is 17.6 Å². The number of hydrogen-bond acceptors (Lipinski definition) is 3. The molecule has 134 valence electrons. The Hall–Kier alpha value is -1.96. The molecular weight excluding hydrogens is 408 g/mol. The average Bonchev–Trinajstić information content (AvgIpc) is 2.90. The molecular formula is C17H9Cl2F3N2OS. The Balaban J connectivity index is 1.88. The number of aliphatic imine (C=N–C) groups is 1. The second-order valence-corrected chi connectivity index (χ2v) is 7.07. The summed E-state index contributed by atoms with van der Waals surface area (Å²) >= 11 is 12.7. The standard InChI is InChI=1S/C17H9Cl2F3N2OS/c18-11-4-1-9(2-5-11)7-14-15(25)24-16(26-14)23-13-8-10(17(20,21)22)3-6-12(13)19/h1-8H,(H,23,24,25)/b14-7-. The molecule has 0 spiro atoms. The van der Waals surface area contributed by atoms with Crippen LogP contribution in [0.5, 0.6) is 0 Å². The van der Waals surface area contributed by atoms with Crippen LogP contribution in [-0.4, -0.2) is 11.1 Å². The van der Waals surface area contributed by atoms with Crippen LogP contribution in [0.25, 0.3) is 6.08 Å². The van der Waals surface area contributed by atoms with Crippen molar-refractivity contribution in [3.63, 3.8) is 0 Å². The third kappa shape index (κ3) is 4.41. The van der Waals surface area contributed by atoms with E-state index in [0.717, 1.165) is 35.5 Å². The smallest absolute Gasteiger partial charge is 0.300 e. The third-order valence-corrected chi connectivity index (χ3v) is 4.80. The molecule has 3 rings (SSSR count). The Morgan fingerprint density at radius 3 is 2.42 bits per heavy atom. The maximum absolute atomic E-state index is 12.8. The van der Waals surface area contributed by atoms with Crippen LogP contribution in [-0.2, 0) is 11.0 Å². The third-order valence-electron chi connectivity index (χ3n) is 3.31. The number of halogens is 5. The summed E-state index contributed by atoms with van der Waals surface area (Å²) in [6.07, 6.45) is -2.88. The zero-order valence-corrected chi connectivity index (χ0v) is 15.1. The first-order chi connectivity index (χ1) is 12.2. The molecule has 1 amide bonds. The minimum atomic E-state index is -4.51. The molecule has 2 aromatic rings. The lowest BCUT2D eigenvalue weighted by atomic mass is 10.2. The van der Waals surface area contributed by atoms with E-state index in [4.69, 9.17) is 23.2 Å². The number of rotatable bonds is 2. The lowest BCUT2D eigenvalue weighted by molar-refractivity contribution is -0.137. The summed E-state index contributed by atoms with van der Waals surface area (Å²) in [5, 5.41) is 3.28. The molecule has 1 aliphatic heterocycles. The van der Waals surface area contributed by atoms with Crippen molar-refractivity contribution < 1.29 is 18.0 Å². The van der Waals surface area contributed by atoms with E-state index in [1.807, 2.05) is 0 Å². The zero-order chi connectivity index (χ0) is 18.9. The first kappa shape index (κ1) is 18.8. The van der Waals surface area contributed by atoms with Crippen LogP contribution in [0.2, 0.25) is 10.0 Å². The first-order valence-electron chi connectivity index (χ1n) is 7.14. The van der Waals surface area contributed by atoms with Gasteiger partial charge in [-0.2, -0.15) is 13.2 Å². The van der Waals surface area contributed by atoms with E-state index in [9.17, 15) is 18.0 Å². The summed E-state index contributed by atoms with van der Waals surface area (Å²) in [6.45, 7) is 0. The molecule has 0 radical (unpaired) electrons. The van der Waals surface area contributed by atoms with Crippen LogP contribution < -0.4 is 5.32 Å². The van der Waals surface area contributed by atoms with Gasteiger partial charge in [-0.1, -0.05) is 35.3 Å². The molecule has 0 saturated carbocycles. The fourth-order valence-electron chi connectivity index (χ4n) is 2.07. The quantitative estimate of drug-likeness (QED) is 0.618. The molecule has 1 N–H and O–H groups in total. The number of amides is 1. The van der Waals surface area contributed by atoms with Gasteiger partial charge in [0, 0.05) is 5.02 Å². The van der Waals surface area contributed by atoms with Crippen LogP contribution >= 0.6 is 35.0 Å². The van der Waals surface area contributed by atoms with Gasteiger partial charge in [0.25, 0.3) is 5.91 Å².